The van der Waals surface area contributed by atoms with Gasteiger partial charge in [-0.2, -0.15) is 5.10 Å². The van der Waals surface area contributed by atoms with Crippen LogP contribution < -0.4 is 0 Å². The van der Waals surface area contributed by atoms with Crippen molar-refractivity contribution in [2.75, 3.05) is 13.1 Å². The van der Waals surface area contributed by atoms with Gasteiger partial charge in [-0.05, 0) is 62.1 Å². The van der Waals surface area contributed by atoms with E-state index >= 15 is 0 Å². The Balaban J connectivity index is 1.66. The lowest BCUT2D eigenvalue weighted by molar-refractivity contribution is -0.131. The average molecular weight is 404 g/mol. The maximum absolute atomic E-state index is 13.7. The fourth-order valence-electron chi connectivity index (χ4n) is 3.79. The normalized spacial score (nSPS) is 14.4. The molecule has 0 aliphatic carbocycles. The number of amides is 1. The summed E-state index contributed by atoms with van der Waals surface area (Å²) in [4.78, 5) is 15.0. The highest BCUT2D eigenvalue weighted by atomic mass is 19.1. The van der Waals surface area contributed by atoms with E-state index in [0.29, 0.717) is 5.56 Å². The molecule has 4 nitrogen and oxygen atoms in total. The summed E-state index contributed by atoms with van der Waals surface area (Å²) in [5.74, 6) is -0.165. The second-order valence-corrected chi connectivity index (χ2v) is 7.87. The van der Waals surface area contributed by atoms with Crippen LogP contribution in [0.3, 0.4) is 0 Å². The van der Waals surface area contributed by atoms with Gasteiger partial charge in [0.2, 0.25) is 5.91 Å². The standard InChI is InChI=1S/C25H26FN3O/c1-18-7-6-13-28(14-12-18)25(30)17-29-24(20-8-4-3-5-9-20)16-23(27-29)21-10-11-22(26)19(2)15-21/h3-5,7-11,15-16H,6,12-14,17H2,1-2H3. The Morgan fingerprint density at radius 1 is 1.03 bits per heavy atom. The van der Waals surface area contributed by atoms with Gasteiger partial charge >= 0.3 is 0 Å². The summed E-state index contributed by atoms with van der Waals surface area (Å²) in [6, 6.07) is 16.9. The van der Waals surface area contributed by atoms with Crippen molar-refractivity contribution in [3.8, 4) is 22.5 Å². The number of aromatic nitrogens is 2. The summed E-state index contributed by atoms with van der Waals surface area (Å²) in [6.07, 6.45) is 4.02. The van der Waals surface area contributed by atoms with Gasteiger partial charge in [0.25, 0.3) is 0 Å². The number of aryl methyl sites for hydroxylation is 1. The summed E-state index contributed by atoms with van der Waals surface area (Å²) < 4.78 is 15.5. The van der Waals surface area contributed by atoms with E-state index in [1.54, 1.807) is 23.7 Å². The lowest BCUT2D eigenvalue weighted by atomic mass is 10.1. The number of halogens is 1. The molecule has 1 aromatic heterocycles. The van der Waals surface area contributed by atoms with Gasteiger partial charge < -0.3 is 4.90 Å². The van der Waals surface area contributed by atoms with E-state index in [4.69, 9.17) is 5.10 Å². The molecule has 1 aliphatic rings. The number of rotatable bonds is 4. The highest BCUT2D eigenvalue weighted by molar-refractivity contribution is 5.78. The van der Waals surface area contributed by atoms with E-state index in [1.807, 2.05) is 41.3 Å². The predicted octanol–water partition coefficient (Wildman–Crippen LogP) is 5.23. The molecular weight excluding hydrogens is 377 g/mol. The van der Waals surface area contributed by atoms with Crippen LogP contribution in [0.4, 0.5) is 4.39 Å². The minimum Gasteiger partial charge on any atom is -0.340 e. The molecule has 0 atom stereocenters. The largest absolute Gasteiger partial charge is 0.340 e. The van der Waals surface area contributed by atoms with Gasteiger partial charge in [-0.3, -0.25) is 9.48 Å². The van der Waals surface area contributed by atoms with E-state index in [0.717, 1.165) is 48.4 Å². The maximum atomic E-state index is 13.7. The number of carbonyl (C=O) groups excluding carboxylic acids is 1. The first kappa shape index (κ1) is 20.1. The van der Waals surface area contributed by atoms with Crippen LogP contribution in [-0.2, 0) is 11.3 Å². The molecule has 0 unspecified atom stereocenters. The van der Waals surface area contributed by atoms with Crippen molar-refractivity contribution >= 4 is 5.91 Å². The Kier molecular flexibility index (Phi) is 5.79. The Morgan fingerprint density at radius 2 is 1.83 bits per heavy atom. The molecule has 30 heavy (non-hydrogen) atoms. The van der Waals surface area contributed by atoms with Crippen LogP contribution in [0.15, 0.2) is 66.2 Å². The third kappa shape index (κ3) is 4.35. The van der Waals surface area contributed by atoms with Crippen molar-refractivity contribution in [3.63, 3.8) is 0 Å². The Bertz CT molecular complexity index is 1090. The van der Waals surface area contributed by atoms with E-state index in [2.05, 4.69) is 13.0 Å². The molecule has 2 heterocycles. The molecule has 0 radical (unpaired) electrons. The molecular formula is C25H26FN3O. The number of nitrogens with zero attached hydrogens (tertiary/aromatic N) is 3. The molecule has 0 spiro atoms. The lowest BCUT2D eigenvalue weighted by Crippen LogP contribution is -2.35. The zero-order valence-electron chi connectivity index (χ0n) is 17.4. The third-order valence-electron chi connectivity index (χ3n) is 5.61. The number of carbonyl (C=O) groups is 1. The molecule has 0 bridgehead atoms. The van der Waals surface area contributed by atoms with Crippen molar-refractivity contribution in [3.05, 3.63) is 77.6 Å². The zero-order chi connectivity index (χ0) is 21.1. The Morgan fingerprint density at radius 3 is 2.60 bits per heavy atom. The number of hydrogen-bond acceptors (Lipinski definition) is 2. The third-order valence-corrected chi connectivity index (χ3v) is 5.61. The molecule has 1 aliphatic heterocycles. The van der Waals surface area contributed by atoms with E-state index in [1.165, 1.54) is 11.6 Å². The second-order valence-electron chi connectivity index (χ2n) is 7.87. The van der Waals surface area contributed by atoms with Crippen molar-refractivity contribution in [2.45, 2.75) is 33.2 Å². The highest BCUT2D eigenvalue weighted by Gasteiger charge is 2.19. The molecule has 2 aromatic carbocycles. The van der Waals surface area contributed by atoms with E-state index in [-0.39, 0.29) is 18.3 Å². The Hall–Kier alpha value is -3.21. The Labute approximate surface area is 176 Å². The molecule has 154 valence electrons. The smallest absolute Gasteiger partial charge is 0.244 e. The quantitative estimate of drug-likeness (QED) is 0.559. The minimum absolute atomic E-state index is 0.0696. The first-order valence-electron chi connectivity index (χ1n) is 10.3. The second kappa shape index (κ2) is 8.66. The van der Waals surface area contributed by atoms with Crippen LogP contribution in [0.1, 0.15) is 25.3 Å². The molecule has 5 heteroatoms. The topological polar surface area (TPSA) is 38.1 Å². The van der Waals surface area contributed by atoms with Crippen molar-refractivity contribution in [1.29, 1.82) is 0 Å². The molecule has 0 saturated heterocycles. The van der Waals surface area contributed by atoms with Gasteiger partial charge in [0.1, 0.15) is 12.4 Å². The molecule has 0 saturated carbocycles. The molecule has 0 fully saturated rings. The van der Waals surface area contributed by atoms with Crippen molar-refractivity contribution < 1.29 is 9.18 Å². The molecule has 3 aromatic rings. The summed E-state index contributed by atoms with van der Waals surface area (Å²) >= 11 is 0. The maximum Gasteiger partial charge on any atom is 0.244 e. The summed E-state index contributed by atoms with van der Waals surface area (Å²) in [5, 5.41) is 4.73. The number of hydrogen-bond donors (Lipinski definition) is 0. The highest BCUT2D eigenvalue weighted by Crippen LogP contribution is 2.27. The SMILES string of the molecule is CC1=CCCN(C(=O)Cn2nc(-c3ccc(F)c(C)c3)cc2-c2ccccc2)CC1. The lowest BCUT2D eigenvalue weighted by Gasteiger charge is -2.21. The fourth-order valence-corrected chi connectivity index (χ4v) is 3.79. The first-order valence-corrected chi connectivity index (χ1v) is 10.3. The van der Waals surface area contributed by atoms with E-state index in [9.17, 15) is 9.18 Å². The van der Waals surface area contributed by atoms with Crippen LogP contribution in [0, 0.1) is 12.7 Å². The summed E-state index contributed by atoms with van der Waals surface area (Å²) in [7, 11) is 0. The van der Waals surface area contributed by atoms with Gasteiger partial charge in [-0.15, -0.1) is 0 Å². The van der Waals surface area contributed by atoms with Crippen LogP contribution in [0.2, 0.25) is 0 Å². The first-order chi connectivity index (χ1) is 14.5. The van der Waals surface area contributed by atoms with Gasteiger partial charge in [0.05, 0.1) is 11.4 Å². The molecule has 0 N–H and O–H groups in total. The fraction of sp³-hybridized carbons (Fsp3) is 0.280. The number of benzene rings is 2. The van der Waals surface area contributed by atoms with Crippen LogP contribution in [-0.4, -0.2) is 33.7 Å². The van der Waals surface area contributed by atoms with Crippen molar-refractivity contribution in [2.24, 2.45) is 0 Å². The minimum atomic E-state index is -0.235. The van der Waals surface area contributed by atoms with Crippen LogP contribution >= 0.6 is 0 Å². The summed E-state index contributed by atoms with van der Waals surface area (Å²) in [5.41, 5.74) is 5.36. The van der Waals surface area contributed by atoms with Gasteiger partial charge in [-0.1, -0.05) is 42.0 Å². The van der Waals surface area contributed by atoms with E-state index < -0.39 is 0 Å². The van der Waals surface area contributed by atoms with Crippen LogP contribution in [0.5, 0.6) is 0 Å². The zero-order valence-corrected chi connectivity index (χ0v) is 17.4. The van der Waals surface area contributed by atoms with Gasteiger partial charge in [-0.25, -0.2) is 4.39 Å². The average Bonchev–Trinajstić information content (AvgIpc) is 3.03. The van der Waals surface area contributed by atoms with Gasteiger partial charge in [0, 0.05) is 18.7 Å². The van der Waals surface area contributed by atoms with Crippen LogP contribution in [0.25, 0.3) is 22.5 Å². The molecule has 4 rings (SSSR count). The predicted molar refractivity (Wildman–Crippen MR) is 117 cm³/mol. The molecule has 1 amide bonds. The summed E-state index contributed by atoms with van der Waals surface area (Å²) in [6.45, 7) is 5.53. The van der Waals surface area contributed by atoms with Crippen molar-refractivity contribution in [1.82, 2.24) is 14.7 Å². The monoisotopic (exact) mass is 403 g/mol. The van der Waals surface area contributed by atoms with Gasteiger partial charge in [0.15, 0.2) is 0 Å².